The largest absolute Gasteiger partial charge is 0.481 e. The number of aliphatic carboxylic acids is 1. The quantitative estimate of drug-likeness (QED) is 0.733. The molecule has 0 spiro atoms. The summed E-state index contributed by atoms with van der Waals surface area (Å²) in [6.07, 6.45) is 5.68. The summed E-state index contributed by atoms with van der Waals surface area (Å²) in [5.74, 6) is -0.906. The van der Waals surface area contributed by atoms with Crippen LogP contribution < -0.4 is 10.6 Å². The molecule has 0 aromatic heterocycles. The predicted molar refractivity (Wildman–Crippen MR) is 80.2 cm³/mol. The topological polar surface area (TPSA) is 81.7 Å². The Hall–Kier alpha value is -1.30. The van der Waals surface area contributed by atoms with Gasteiger partial charge in [0.05, 0.1) is 5.41 Å². The van der Waals surface area contributed by atoms with E-state index in [4.69, 9.17) is 5.11 Å². The maximum absolute atomic E-state index is 12.0. The van der Waals surface area contributed by atoms with Gasteiger partial charge in [-0.2, -0.15) is 0 Å². The van der Waals surface area contributed by atoms with Gasteiger partial charge in [0.2, 0.25) is 0 Å². The molecule has 120 valence electrons. The summed E-state index contributed by atoms with van der Waals surface area (Å²) in [5.41, 5.74) is -0.944. The van der Waals surface area contributed by atoms with Gasteiger partial charge >= 0.3 is 12.0 Å². The van der Waals surface area contributed by atoms with E-state index in [0.29, 0.717) is 12.1 Å². The molecule has 6 nitrogen and oxygen atoms in total. The minimum Gasteiger partial charge on any atom is -0.481 e. The fourth-order valence-electron chi connectivity index (χ4n) is 3.35. The van der Waals surface area contributed by atoms with Crippen LogP contribution in [-0.4, -0.2) is 53.7 Å². The Labute approximate surface area is 126 Å². The van der Waals surface area contributed by atoms with Gasteiger partial charge in [0, 0.05) is 24.7 Å². The Morgan fingerprint density at radius 2 is 1.81 bits per heavy atom. The van der Waals surface area contributed by atoms with Crippen LogP contribution in [0.25, 0.3) is 0 Å². The Morgan fingerprint density at radius 3 is 2.33 bits per heavy atom. The van der Waals surface area contributed by atoms with E-state index < -0.39 is 11.4 Å². The molecule has 2 amide bonds. The normalized spacial score (nSPS) is 29.8. The molecular formula is C15H27N3O3. The van der Waals surface area contributed by atoms with Gasteiger partial charge in [-0.1, -0.05) is 6.42 Å². The third kappa shape index (κ3) is 3.87. The number of fused-ring (bicyclic) bond motifs is 2. The number of urea groups is 1. The lowest BCUT2D eigenvalue weighted by molar-refractivity contribution is -0.146. The number of piperidine rings is 2. The zero-order valence-electron chi connectivity index (χ0n) is 13.2. The Morgan fingerprint density at radius 1 is 1.24 bits per heavy atom. The van der Waals surface area contributed by atoms with E-state index in [1.807, 2.05) is 0 Å². The first kappa shape index (κ1) is 16.1. The number of nitrogens with zero attached hydrogens (tertiary/aromatic N) is 1. The molecule has 2 aliphatic heterocycles. The van der Waals surface area contributed by atoms with Crippen molar-refractivity contribution in [2.24, 2.45) is 5.41 Å². The monoisotopic (exact) mass is 297 g/mol. The average molecular weight is 297 g/mol. The molecule has 2 atom stereocenters. The third-order valence-electron chi connectivity index (χ3n) is 4.94. The second-order valence-corrected chi connectivity index (χ2v) is 7.09. The summed E-state index contributed by atoms with van der Waals surface area (Å²) >= 11 is 0. The molecule has 2 saturated heterocycles. The van der Waals surface area contributed by atoms with Crippen LogP contribution in [0.4, 0.5) is 4.79 Å². The fourth-order valence-corrected chi connectivity index (χ4v) is 3.35. The molecular weight excluding hydrogens is 270 g/mol. The SMILES string of the molecule is CN1C2CCCC1CC(NC(=O)NCC(C)(C)C(=O)O)C2. The van der Waals surface area contributed by atoms with Gasteiger partial charge in [0.25, 0.3) is 0 Å². The van der Waals surface area contributed by atoms with E-state index in [1.165, 1.54) is 19.3 Å². The summed E-state index contributed by atoms with van der Waals surface area (Å²) < 4.78 is 0. The van der Waals surface area contributed by atoms with Gasteiger partial charge in [-0.3, -0.25) is 4.79 Å². The zero-order valence-corrected chi connectivity index (χ0v) is 13.2. The number of hydrogen-bond acceptors (Lipinski definition) is 3. The zero-order chi connectivity index (χ0) is 15.6. The van der Waals surface area contributed by atoms with Crippen LogP contribution in [0, 0.1) is 5.41 Å². The number of rotatable bonds is 4. The molecule has 2 fully saturated rings. The summed E-state index contributed by atoms with van der Waals surface area (Å²) in [6.45, 7) is 3.35. The number of carbonyl (C=O) groups is 2. The smallest absolute Gasteiger partial charge is 0.315 e. The first-order chi connectivity index (χ1) is 9.79. The van der Waals surface area contributed by atoms with E-state index in [0.717, 1.165) is 12.8 Å². The first-order valence-electron chi connectivity index (χ1n) is 7.79. The van der Waals surface area contributed by atoms with Crippen molar-refractivity contribution in [3.05, 3.63) is 0 Å². The number of carboxylic acid groups (broad SMARTS) is 1. The van der Waals surface area contributed by atoms with Crippen molar-refractivity contribution < 1.29 is 14.7 Å². The highest BCUT2D eigenvalue weighted by Gasteiger charge is 2.36. The second-order valence-electron chi connectivity index (χ2n) is 7.09. The van der Waals surface area contributed by atoms with Crippen LogP contribution in [0.2, 0.25) is 0 Å². The van der Waals surface area contributed by atoms with Crippen LogP contribution in [0.3, 0.4) is 0 Å². The summed E-state index contributed by atoms with van der Waals surface area (Å²) in [4.78, 5) is 25.4. The fraction of sp³-hybridized carbons (Fsp3) is 0.867. The molecule has 2 aliphatic rings. The van der Waals surface area contributed by atoms with E-state index in [1.54, 1.807) is 13.8 Å². The van der Waals surface area contributed by atoms with Crippen molar-refractivity contribution in [3.8, 4) is 0 Å². The summed E-state index contributed by atoms with van der Waals surface area (Å²) in [7, 11) is 2.18. The second kappa shape index (κ2) is 6.22. The van der Waals surface area contributed by atoms with E-state index in [-0.39, 0.29) is 18.6 Å². The predicted octanol–water partition coefficient (Wildman–Crippen LogP) is 1.41. The van der Waals surface area contributed by atoms with Crippen LogP contribution >= 0.6 is 0 Å². The van der Waals surface area contributed by atoms with Crippen LogP contribution in [0.15, 0.2) is 0 Å². The maximum Gasteiger partial charge on any atom is 0.315 e. The number of carboxylic acids is 1. The molecule has 2 bridgehead atoms. The molecule has 0 saturated carbocycles. The number of amides is 2. The molecule has 3 N–H and O–H groups in total. The van der Waals surface area contributed by atoms with Crippen molar-refractivity contribution in [2.75, 3.05) is 13.6 Å². The average Bonchev–Trinajstić information content (AvgIpc) is 2.37. The van der Waals surface area contributed by atoms with Gasteiger partial charge < -0.3 is 20.6 Å². The summed E-state index contributed by atoms with van der Waals surface area (Å²) in [5, 5.41) is 14.7. The van der Waals surface area contributed by atoms with E-state index in [2.05, 4.69) is 22.6 Å². The molecule has 2 unspecified atom stereocenters. The van der Waals surface area contributed by atoms with Gasteiger partial charge in [0.15, 0.2) is 0 Å². The molecule has 0 aromatic carbocycles. The van der Waals surface area contributed by atoms with Gasteiger partial charge in [-0.25, -0.2) is 4.79 Å². The molecule has 0 aliphatic carbocycles. The minimum absolute atomic E-state index is 0.133. The molecule has 0 aromatic rings. The van der Waals surface area contributed by atoms with Crippen molar-refractivity contribution in [1.29, 1.82) is 0 Å². The van der Waals surface area contributed by atoms with Gasteiger partial charge in [-0.05, 0) is 46.6 Å². The molecule has 0 radical (unpaired) electrons. The Kier molecular flexibility index (Phi) is 4.76. The molecule has 2 rings (SSSR count). The highest BCUT2D eigenvalue weighted by Crippen LogP contribution is 2.32. The number of nitrogens with one attached hydrogen (secondary N) is 2. The highest BCUT2D eigenvalue weighted by molar-refractivity contribution is 5.77. The number of hydrogen-bond donors (Lipinski definition) is 3. The third-order valence-corrected chi connectivity index (χ3v) is 4.94. The molecule has 21 heavy (non-hydrogen) atoms. The highest BCUT2D eigenvalue weighted by atomic mass is 16.4. The van der Waals surface area contributed by atoms with Gasteiger partial charge in [-0.15, -0.1) is 0 Å². The van der Waals surface area contributed by atoms with E-state index >= 15 is 0 Å². The van der Waals surface area contributed by atoms with Crippen molar-refractivity contribution in [3.63, 3.8) is 0 Å². The maximum atomic E-state index is 12.0. The van der Waals surface area contributed by atoms with Crippen molar-refractivity contribution in [2.45, 2.75) is 64.1 Å². The minimum atomic E-state index is -0.944. The Balaban J connectivity index is 1.80. The van der Waals surface area contributed by atoms with Crippen molar-refractivity contribution >= 4 is 12.0 Å². The van der Waals surface area contributed by atoms with Gasteiger partial charge in [0.1, 0.15) is 0 Å². The number of carbonyl (C=O) groups excluding carboxylic acids is 1. The molecule has 2 heterocycles. The molecule has 6 heteroatoms. The van der Waals surface area contributed by atoms with Crippen LogP contribution in [0.1, 0.15) is 46.0 Å². The lowest BCUT2D eigenvalue weighted by Crippen LogP contribution is -2.56. The van der Waals surface area contributed by atoms with Crippen molar-refractivity contribution in [1.82, 2.24) is 15.5 Å². The van der Waals surface area contributed by atoms with Crippen LogP contribution in [0.5, 0.6) is 0 Å². The standard InChI is InChI=1S/C15H27N3O3/c1-15(2,13(19)20)9-16-14(21)17-10-7-11-5-4-6-12(8-10)18(11)3/h10-12H,4-9H2,1-3H3,(H,19,20)(H2,16,17,21). The Bertz CT molecular complexity index is 397. The lowest BCUT2D eigenvalue weighted by Gasteiger charge is -2.47. The first-order valence-corrected chi connectivity index (χ1v) is 7.79. The van der Waals surface area contributed by atoms with E-state index in [9.17, 15) is 9.59 Å². The lowest BCUT2D eigenvalue weighted by atomic mass is 9.82. The summed E-state index contributed by atoms with van der Waals surface area (Å²) in [6, 6.07) is 1.08. The van der Waals surface area contributed by atoms with Crippen LogP contribution in [-0.2, 0) is 4.79 Å².